The SMILES string of the molecule is C=CCOc1ccc(C([O-])=C2C(=O)C(=O)N(Cc3ccc[nH+]c3)C2c2ccncc2)cc1. The van der Waals surface area contributed by atoms with E-state index in [1.54, 1.807) is 67.3 Å². The van der Waals surface area contributed by atoms with E-state index in [-0.39, 0.29) is 12.1 Å². The van der Waals surface area contributed by atoms with Crippen LogP contribution in [0.4, 0.5) is 0 Å². The number of amides is 1. The third-order valence-corrected chi connectivity index (χ3v) is 5.16. The monoisotopic (exact) mass is 427 g/mol. The molecular weight excluding hydrogens is 406 g/mol. The quantitative estimate of drug-likeness (QED) is 0.248. The first-order chi connectivity index (χ1) is 15.6. The summed E-state index contributed by atoms with van der Waals surface area (Å²) in [5.74, 6) is -1.40. The van der Waals surface area contributed by atoms with Crippen molar-refractivity contribution >= 4 is 17.4 Å². The zero-order valence-corrected chi connectivity index (χ0v) is 17.2. The number of H-pyrrole nitrogens is 1. The van der Waals surface area contributed by atoms with Gasteiger partial charge in [-0.15, -0.1) is 0 Å². The highest BCUT2D eigenvalue weighted by molar-refractivity contribution is 6.46. The summed E-state index contributed by atoms with van der Waals surface area (Å²) >= 11 is 0. The molecule has 0 bridgehead atoms. The van der Waals surface area contributed by atoms with Crippen LogP contribution < -0.4 is 14.8 Å². The van der Waals surface area contributed by atoms with Gasteiger partial charge in [-0.2, -0.15) is 0 Å². The Hall–Kier alpha value is -4.26. The molecule has 32 heavy (non-hydrogen) atoms. The van der Waals surface area contributed by atoms with E-state index < -0.39 is 23.5 Å². The standard InChI is InChI=1S/C25H21N3O4/c1-2-14-32-20-7-5-19(6-8-20)23(29)21-22(18-9-12-26-13-10-18)28(25(31)24(21)30)16-17-4-3-11-27-15-17/h2-13,15,22,29H,1,14,16H2. The van der Waals surface area contributed by atoms with E-state index in [9.17, 15) is 14.7 Å². The number of nitrogens with one attached hydrogen (secondary N) is 1. The normalized spacial score (nSPS) is 17.4. The Bertz CT molecular complexity index is 1160. The molecule has 2 aromatic heterocycles. The maximum Gasteiger partial charge on any atom is 0.295 e. The number of benzene rings is 1. The van der Waals surface area contributed by atoms with E-state index in [1.165, 1.54) is 4.90 Å². The second-order valence-corrected chi connectivity index (χ2v) is 7.22. The van der Waals surface area contributed by atoms with Crippen molar-refractivity contribution in [3.05, 3.63) is 108 Å². The number of ether oxygens (including phenoxy) is 1. The van der Waals surface area contributed by atoms with Crippen molar-refractivity contribution in [2.45, 2.75) is 12.6 Å². The van der Waals surface area contributed by atoms with Crippen molar-refractivity contribution in [2.24, 2.45) is 0 Å². The third kappa shape index (κ3) is 4.13. The summed E-state index contributed by atoms with van der Waals surface area (Å²) in [5, 5.41) is 13.4. The molecule has 3 aromatic rings. The van der Waals surface area contributed by atoms with Crippen molar-refractivity contribution < 1.29 is 24.4 Å². The largest absolute Gasteiger partial charge is 0.872 e. The number of rotatable bonds is 7. The molecule has 1 atom stereocenters. The Labute approximate surface area is 185 Å². The summed E-state index contributed by atoms with van der Waals surface area (Å²) in [6, 6.07) is 12.7. The Balaban J connectivity index is 1.77. The molecule has 7 heteroatoms. The van der Waals surface area contributed by atoms with Gasteiger partial charge in [-0.25, -0.2) is 4.98 Å². The minimum Gasteiger partial charge on any atom is -0.872 e. The minimum atomic E-state index is -0.803. The first-order valence-electron chi connectivity index (χ1n) is 10.1. The number of hydrogen-bond donors (Lipinski definition) is 0. The number of aromatic nitrogens is 2. The molecule has 1 aliphatic rings. The van der Waals surface area contributed by atoms with E-state index >= 15 is 0 Å². The van der Waals surface area contributed by atoms with Crippen LogP contribution in [-0.2, 0) is 16.1 Å². The molecule has 7 nitrogen and oxygen atoms in total. The number of carbonyl (C=O) groups is 2. The zero-order valence-electron chi connectivity index (χ0n) is 17.2. The zero-order chi connectivity index (χ0) is 22.5. The first-order valence-corrected chi connectivity index (χ1v) is 10.1. The summed E-state index contributed by atoms with van der Waals surface area (Å²) in [7, 11) is 0. The lowest BCUT2D eigenvalue weighted by Crippen LogP contribution is -2.29. The molecule has 0 spiro atoms. The lowest BCUT2D eigenvalue weighted by atomic mass is 9.96. The number of aromatic amines is 1. The molecular formula is C25H21N3O4. The second-order valence-electron chi connectivity index (χ2n) is 7.22. The number of pyridine rings is 2. The van der Waals surface area contributed by atoms with Gasteiger partial charge in [-0.1, -0.05) is 30.5 Å². The van der Waals surface area contributed by atoms with E-state index in [0.717, 1.165) is 5.56 Å². The lowest BCUT2D eigenvalue weighted by molar-refractivity contribution is -0.378. The Morgan fingerprint density at radius 2 is 1.91 bits per heavy atom. The van der Waals surface area contributed by atoms with Crippen LogP contribution in [0.2, 0.25) is 0 Å². The topological polar surface area (TPSA) is 96.7 Å². The number of nitrogens with zero attached hydrogens (tertiary/aromatic N) is 2. The molecule has 1 unspecified atom stereocenters. The average Bonchev–Trinajstić information content (AvgIpc) is 3.09. The van der Waals surface area contributed by atoms with Crippen LogP contribution in [0.15, 0.2) is 91.5 Å². The Morgan fingerprint density at radius 3 is 2.56 bits per heavy atom. The van der Waals surface area contributed by atoms with Gasteiger partial charge in [-0.3, -0.25) is 14.6 Å². The van der Waals surface area contributed by atoms with Gasteiger partial charge in [0.15, 0.2) is 12.4 Å². The average molecular weight is 427 g/mol. The Morgan fingerprint density at radius 1 is 1.16 bits per heavy atom. The van der Waals surface area contributed by atoms with Gasteiger partial charge in [0.25, 0.3) is 5.91 Å². The van der Waals surface area contributed by atoms with E-state index in [2.05, 4.69) is 16.5 Å². The van der Waals surface area contributed by atoms with Gasteiger partial charge in [0, 0.05) is 29.6 Å². The van der Waals surface area contributed by atoms with Gasteiger partial charge < -0.3 is 14.7 Å². The maximum atomic E-state index is 13.4. The molecule has 1 aromatic carbocycles. The molecule has 1 aliphatic heterocycles. The van der Waals surface area contributed by atoms with Crippen molar-refractivity contribution in [3.8, 4) is 5.75 Å². The third-order valence-electron chi connectivity index (χ3n) is 5.16. The molecule has 0 radical (unpaired) electrons. The van der Waals surface area contributed by atoms with Gasteiger partial charge >= 0.3 is 0 Å². The van der Waals surface area contributed by atoms with Crippen LogP contribution in [0, 0.1) is 0 Å². The highest BCUT2D eigenvalue weighted by Gasteiger charge is 2.44. The Kier molecular flexibility index (Phi) is 6.07. The second kappa shape index (κ2) is 9.26. The fourth-order valence-electron chi connectivity index (χ4n) is 3.66. The molecule has 4 rings (SSSR count). The van der Waals surface area contributed by atoms with Crippen molar-refractivity contribution in [2.75, 3.05) is 6.61 Å². The van der Waals surface area contributed by atoms with Crippen LogP contribution in [-0.4, -0.2) is 28.2 Å². The highest BCUT2D eigenvalue weighted by atomic mass is 16.5. The maximum absolute atomic E-state index is 13.4. The summed E-state index contributed by atoms with van der Waals surface area (Å²) in [6.07, 6.45) is 8.28. The molecule has 1 amide bonds. The van der Waals surface area contributed by atoms with Crippen LogP contribution in [0.1, 0.15) is 22.7 Å². The molecule has 0 saturated carbocycles. The molecule has 1 fully saturated rings. The molecule has 3 heterocycles. The number of likely N-dealkylation sites (tertiary alicyclic amines) is 1. The van der Waals surface area contributed by atoms with Gasteiger partial charge in [0.1, 0.15) is 12.4 Å². The summed E-state index contributed by atoms with van der Waals surface area (Å²) in [4.78, 5) is 34.4. The molecule has 1 saturated heterocycles. The number of hydrogen-bond acceptors (Lipinski definition) is 5. The van der Waals surface area contributed by atoms with Crippen molar-refractivity contribution in [1.82, 2.24) is 9.88 Å². The lowest BCUT2D eigenvalue weighted by Gasteiger charge is -2.27. The van der Waals surface area contributed by atoms with Crippen LogP contribution >= 0.6 is 0 Å². The van der Waals surface area contributed by atoms with Gasteiger partial charge in [0.2, 0.25) is 5.78 Å². The first kappa shape index (κ1) is 21.0. The summed E-state index contributed by atoms with van der Waals surface area (Å²) < 4.78 is 5.45. The summed E-state index contributed by atoms with van der Waals surface area (Å²) in [5.41, 5.74) is 1.69. The number of carbonyl (C=O) groups excluding carboxylic acids is 2. The smallest absolute Gasteiger partial charge is 0.295 e. The van der Waals surface area contributed by atoms with E-state index in [1.807, 2.05) is 12.1 Å². The van der Waals surface area contributed by atoms with Crippen molar-refractivity contribution in [1.29, 1.82) is 0 Å². The predicted octanol–water partition coefficient (Wildman–Crippen LogP) is 1.88. The number of ketones is 1. The van der Waals surface area contributed by atoms with E-state index in [4.69, 9.17) is 4.74 Å². The minimum absolute atomic E-state index is 0.0686. The number of Topliss-reactive ketones (excluding diaryl/α,β-unsaturated/α-hetero) is 1. The highest BCUT2D eigenvalue weighted by Crippen LogP contribution is 2.39. The molecule has 160 valence electrons. The molecule has 0 aliphatic carbocycles. The van der Waals surface area contributed by atoms with E-state index in [0.29, 0.717) is 23.5 Å². The van der Waals surface area contributed by atoms with Crippen molar-refractivity contribution in [3.63, 3.8) is 0 Å². The summed E-state index contributed by atoms with van der Waals surface area (Å²) in [6.45, 7) is 4.12. The van der Waals surface area contributed by atoms with Crippen LogP contribution in [0.3, 0.4) is 0 Å². The van der Waals surface area contributed by atoms with Gasteiger partial charge in [-0.05, 0) is 41.5 Å². The molecule has 1 N–H and O–H groups in total. The fraction of sp³-hybridized carbons (Fsp3) is 0.120. The predicted molar refractivity (Wildman–Crippen MR) is 115 cm³/mol. The fourth-order valence-corrected chi connectivity index (χ4v) is 3.66. The van der Waals surface area contributed by atoms with Crippen LogP contribution in [0.25, 0.3) is 5.76 Å². The van der Waals surface area contributed by atoms with Gasteiger partial charge in [0.05, 0.1) is 12.6 Å². The van der Waals surface area contributed by atoms with Crippen LogP contribution in [0.5, 0.6) is 5.75 Å².